The van der Waals surface area contributed by atoms with Crippen molar-refractivity contribution in [1.29, 1.82) is 5.41 Å². The zero-order valence-corrected chi connectivity index (χ0v) is 6.14. The molecule has 0 amide bonds. The van der Waals surface area contributed by atoms with Gasteiger partial charge in [-0.3, -0.25) is 0 Å². The minimum Gasteiger partial charge on any atom is -0.380 e. The van der Waals surface area contributed by atoms with Crippen molar-refractivity contribution < 1.29 is 4.74 Å². The summed E-state index contributed by atoms with van der Waals surface area (Å²) in [6.45, 7) is 3.53. The molecule has 0 aromatic heterocycles. The highest BCUT2D eigenvalue weighted by Gasteiger charge is 2.12. The normalized spacial score (nSPS) is 16.9. The standard InChI is InChI=1S/C6H14N2O/c1-4(7)6(8)5(2)9-3/h5-7H,8H2,1-3H3. The van der Waals surface area contributed by atoms with Gasteiger partial charge in [-0.1, -0.05) is 0 Å². The van der Waals surface area contributed by atoms with Crippen LogP contribution in [0.4, 0.5) is 0 Å². The van der Waals surface area contributed by atoms with Gasteiger partial charge in [-0.05, 0) is 13.8 Å². The molecule has 0 radical (unpaired) electrons. The molecule has 3 heteroatoms. The molecule has 2 unspecified atom stereocenters. The summed E-state index contributed by atoms with van der Waals surface area (Å²) in [5.41, 5.74) is 5.98. The molecule has 0 spiro atoms. The molecular formula is C6H14N2O. The Morgan fingerprint density at radius 3 is 2.22 bits per heavy atom. The van der Waals surface area contributed by atoms with E-state index in [0.29, 0.717) is 5.71 Å². The average molecular weight is 130 g/mol. The average Bonchev–Trinajstić information content (AvgIpc) is 1.84. The highest BCUT2D eigenvalue weighted by Crippen LogP contribution is 1.94. The van der Waals surface area contributed by atoms with Crippen LogP contribution in [0.25, 0.3) is 0 Å². The Labute approximate surface area is 55.7 Å². The predicted octanol–water partition coefficient (Wildman–Crippen LogP) is 0.388. The molecule has 3 N–H and O–H groups in total. The molecule has 0 aliphatic heterocycles. The maximum Gasteiger partial charge on any atom is 0.0747 e. The third-order valence-corrected chi connectivity index (χ3v) is 1.38. The molecule has 0 heterocycles. The smallest absolute Gasteiger partial charge is 0.0747 e. The van der Waals surface area contributed by atoms with Gasteiger partial charge in [-0.25, -0.2) is 0 Å². The van der Waals surface area contributed by atoms with Gasteiger partial charge < -0.3 is 15.9 Å². The predicted molar refractivity (Wildman–Crippen MR) is 37.8 cm³/mol. The Hall–Kier alpha value is -0.410. The van der Waals surface area contributed by atoms with Crippen molar-refractivity contribution in [2.24, 2.45) is 5.73 Å². The molecule has 0 saturated heterocycles. The van der Waals surface area contributed by atoms with Crippen LogP contribution in [0.5, 0.6) is 0 Å². The van der Waals surface area contributed by atoms with Crippen molar-refractivity contribution in [2.75, 3.05) is 7.11 Å². The summed E-state index contributed by atoms with van der Waals surface area (Å²) in [5.74, 6) is 0. The number of methoxy groups -OCH3 is 1. The number of nitrogens with two attached hydrogens (primary N) is 1. The summed E-state index contributed by atoms with van der Waals surface area (Å²) < 4.78 is 4.91. The van der Waals surface area contributed by atoms with Crippen molar-refractivity contribution in [2.45, 2.75) is 26.0 Å². The molecule has 3 nitrogen and oxygen atoms in total. The highest BCUT2D eigenvalue weighted by molar-refractivity contribution is 5.84. The quantitative estimate of drug-likeness (QED) is 0.543. The number of ether oxygens (including phenoxy) is 1. The van der Waals surface area contributed by atoms with Crippen LogP contribution >= 0.6 is 0 Å². The first kappa shape index (κ1) is 8.59. The summed E-state index contributed by atoms with van der Waals surface area (Å²) in [6, 6.07) is -0.255. The zero-order valence-electron chi connectivity index (χ0n) is 6.14. The van der Waals surface area contributed by atoms with Crippen LogP contribution in [0.3, 0.4) is 0 Å². The second-order valence-corrected chi connectivity index (χ2v) is 2.15. The van der Waals surface area contributed by atoms with Crippen LogP contribution in [0, 0.1) is 5.41 Å². The fourth-order valence-electron chi connectivity index (χ4n) is 0.499. The first-order valence-corrected chi connectivity index (χ1v) is 2.93. The van der Waals surface area contributed by atoms with Gasteiger partial charge in [0.2, 0.25) is 0 Å². The molecule has 0 aromatic carbocycles. The molecule has 0 saturated carbocycles. The Morgan fingerprint density at radius 2 is 2.11 bits per heavy atom. The van der Waals surface area contributed by atoms with E-state index in [-0.39, 0.29) is 12.1 Å². The number of hydrogen-bond acceptors (Lipinski definition) is 3. The topological polar surface area (TPSA) is 59.1 Å². The summed E-state index contributed by atoms with van der Waals surface area (Å²) in [6.07, 6.45) is -0.0532. The SMILES string of the molecule is COC(C)C(N)C(C)=N. The van der Waals surface area contributed by atoms with Crippen LogP contribution in [-0.4, -0.2) is 25.0 Å². The third-order valence-electron chi connectivity index (χ3n) is 1.38. The Balaban J connectivity index is 3.72. The Bertz CT molecular complexity index is 103. The van der Waals surface area contributed by atoms with Crippen molar-refractivity contribution in [3.05, 3.63) is 0 Å². The van der Waals surface area contributed by atoms with E-state index < -0.39 is 0 Å². The van der Waals surface area contributed by atoms with Crippen molar-refractivity contribution in [1.82, 2.24) is 0 Å². The van der Waals surface area contributed by atoms with Crippen LogP contribution in [0.15, 0.2) is 0 Å². The fraction of sp³-hybridized carbons (Fsp3) is 0.833. The van der Waals surface area contributed by atoms with Gasteiger partial charge in [0.15, 0.2) is 0 Å². The van der Waals surface area contributed by atoms with Gasteiger partial charge >= 0.3 is 0 Å². The van der Waals surface area contributed by atoms with Gasteiger partial charge in [0.05, 0.1) is 12.1 Å². The Kier molecular flexibility index (Phi) is 3.42. The minimum absolute atomic E-state index is 0.0532. The second kappa shape index (κ2) is 3.58. The molecule has 0 aromatic rings. The largest absolute Gasteiger partial charge is 0.380 e. The monoisotopic (exact) mass is 130 g/mol. The molecule has 9 heavy (non-hydrogen) atoms. The van der Waals surface area contributed by atoms with Gasteiger partial charge in [0.1, 0.15) is 0 Å². The lowest BCUT2D eigenvalue weighted by atomic mass is 10.1. The number of hydrogen-bond donors (Lipinski definition) is 2. The van der Waals surface area contributed by atoms with E-state index in [1.807, 2.05) is 6.92 Å². The summed E-state index contributed by atoms with van der Waals surface area (Å²) in [7, 11) is 1.59. The summed E-state index contributed by atoms with van der Waals surface area (Å²) in [4.78, 5) is 0. The molecular weight excluding hydrogens is 116 g/mol. The molecule has 0 aliphatic rings. The molecule has 54 valence electrons. The minimum atomic E-state index is -0.255. The maximum absolute atomic E-state index is 7.13. The van der Waals surface area contributed by atoms with E-state index in [9.17, 15) is 0 Å². The van der Waals surface area contributed by atoms with E-state index in [0.717, 1.165) is 0 Å². The third kappa shape index (κ3) is 2.58. The van der Waals surface area contributed by atoms with Crippen LogP contribution < -0.4 is 5.73 Å². The maximum atomic E-state index is 7.13. The molecule has 0 aliphatic carbocycles. The van der Waals surface area contributed by atoms with Gasteiger partial charge in [0, 0.05) is 12.8 Å². The molecule has 0 fully saturated rings. The summed E-state index contributed by atoms with van der Waals surface area (Å²) in [5, 5.41) is 7.13. The van der Waals surface area contributed by atoms with Crippen LogP contribution in [0.1, 0.15) is 13.8 Å². The van der Waals surface area contributed by atoms with Crippen molar-refractivity contribution in [3.63, 3.8) is 0 Å². The van der Waals surface area contributed by atoms with Gasteiger partial charge in [-0.2, -0.15) is 0 Å². The van der Waals surface area contributed by atoms with E-state index in [1.165, 1.54) is 0 Å². The van der Waals surface area contributed by atoms with E-state index in [2.05, 4.69) is 0 Å². The summed E-state index contributed by atoms with van der Waals surface area (Å²) >= 11 is 0. The van der Waals surface area contributed by atoms with E-state index in [4.69, 9.17) is 15.9 Å². The lowest BCUT2D eigenvalue weighted by Gasteiger charge is -2.16. The van der Waals surface area contributed by atoms with E-state index in [1.54, 1.807) is 14.0 Å². The van der Waals surface area contributed by atoms with Gasteiger partial charge in [0.25, 0.3) is 0 Å². The Morgan fingerprint density at radius 1 is 1.67 bits per heavy atom. The van der Waals surface area contributed by atoms with E-state index >= 15 is 0 Å². The van der Waals surface area contributed by atoms with Crippen LogP contribution in [0.2, 0.25) is 0 Å². The highest BCUT2D eigenvalue weighted by atomic mass is 16.5. The molecule has 0 bridgehead atoms. The lowest BCUT2D eigenvalue weighted by molar-refractivity contribution is 0.112. The van der Waals surface area contributed by atoms with Crippen molar-refractivity contribution in [3.8, 4) is 0 Å². The fourth-order valence-corrected chi connectivity index (χ4v) is 0.499. The van der Waals surface area contributed by atoms with Gasteiger partial charge in [-0.15, -0.1) is 0 Å². The first-order chi connectivity index (χ1) is 4.09. The molecule has 0 rings (SSSR count). The second-order valence-electron chi connectivity index (χ2n) is 2.15. The lowest BCUT2D eigenvalue weighted by Crippen LogP contribution is -2.39. The van der Waals surface area contributed by atoms with Crippen LogP contribution in [-0.2, 0) is 4.74 Å². The number of nitrogens with one attached hydrogen (secondary N) is 1. The molecule has 2 atom stereocenters. The van der Waals surface area contributed by atoms with Crippen molar-refractivity contribution >= 4 is 5.71 Å². The zero-order chi connectivity index (χ0) is 7.44. The first-order valence-electron chi connectivity index (χ1n) is 2.93. The number of rotatable bonds is 3.